The van der Waals surface area contributed by atoms with Gasteiger partial charge in [0, 0.05) is 32.7 Å². The molecule has 0 fully saturated rings. The van der Waals surface area contributed by atoms with Crippen molar-refractivity contribution in [1.82, 2.24) is 9.78 Å². The van der Waals surface area contributed by atoms with Crippen molar-refractivity contribution >= 4 is 45.9 Å². The van der Waals surface area contributed by atoms with Crippen molar-refractivity contribution in [2.24, 2.45) is 0 Å². The van der Waals surface area contributed by atoms with E-state index in [4.69, 9.17) is 11.5 Å². The van der Waals surface area contributed by atoms with E-state index in [2.05, 4.69) is 14.6 Å². The Hall–Kier alpha value is -3.50. The molecule has 0 radical (unpaired) electrons. The van der Waals surface area contributed by atoms with Crippen molar-refractivity contribution in [2.45, 2.75) is 32.2 Å². The molecule has 0 aliphatic rings. The first kappa shape index (κ1) is 31.7. The number of hydrogen-bond donors (Lipinski definition) is 2. The summed E-state index contributed by atoms with van der Waals surface area (Å²) in [7, 11) is 2.27. The number of halogens is 7. The standard InChI is InChI=1S/C15H16F3N3O2.C9H7F3INO2/c1-8(2)21-13(4-5-20-21)9-6-10(14(22)23-3)12(19)7-11(9)15(16,17)18;1-16-8(15)4-2-6(13)5(3-7(4)14)9(10,11)12/h4-8H,19H2,1-3H3;2-3H,14H2,1H3. The van der Waals surface area contributed by atoms with Gasteiger partial charge in [0.2, 0.25) is 0 Å². The van der Waals surface area contributed by atoms with Crippen molar-refractivity contribution < 1.29 is 45.4 Å². The zero-order valence-electron chi connectivity index (χ0n) is 20.9. The van der Waals surface area contributed by atoms with Gasteiger partial charge >= 0.3 is 24.3 Å². The second-order valence-corrected chi connectivity index (χ2v) is 9.30. The van der Waals surface area contributed by atoms with Crippen LogP contribution in [0.2, 0.25) is 0 Å². The van der Waals surface area contributed by atoms with E-state index in [9.17, 15) is 35.9 Å². The van der Waals surface area contributed by atoms with Crippen LogP contribution in [0, 0.1) is 3.57 Å². The molecule has 3 rings (SSSR count). The van der Waals surface area contributed by atoms with Crippen LogP contribution in [-0.2, 0) is 21.8 Å². The molecule has 0 aliphatic heterocycles. The minimum atomic E-state index is -4.62. The molecule has 8 nitrogen and oxygen atoms in total. The van der Waals surface area contributed by atoms with Crippen LogP contribution >= 0.6 is 22.6 Å². The van der Waals surface area contributed by atoms with Gasteiger partial charge in [-0.3, -0.25) is 4.68 Å². The molecule has 0 spiro atoms. The van der Waals surface area contributed by atoms with Crippen molar-refractivity contribution in [1.29, 1.82) is 0 Å². The molecule has 0 saturated heterocycles. The molecule has 0 unspecified atom stereocenters. The third-order valence-electron chi connectivity index (χ3n) is 5.19. The van der Waals surface area contributed by atoms with Gasteiger partial charge < -0.3 is 20.9 Å². The second kappa shape index (κ2) is 12.1. The Kier molecular flexibility index (Phi) is 9.86. The number of alkyl halides is 6. The number of carbonyl (C=O) groups is 2. The highest BCUT2D eigenvalue weighted by molar-refractivity contribution is 14.1. The van der Waals surface area contributed by atoms with Crippen LogP contribution in [0.5, 0.6) is 0 Å². The van der Waals surface area contributed by atoms with E-state index in [1.165, 1.54) is 39.5 Å². The van der Waals surface area contributed by atoms with E-state index >= 15 is 0 Å². The van der Waals surface area contributed by atoms with E-state index in [-0.39, 0.29) is 43.4 Å². The molecule has 212 valence electrons. The number of nitrogen functional groups attached to an aromatic ring is 2. The van der Waals surface area contributed by atoms with Gasteiger partial charge in [0.15, 0.2) is 0 Å². The molecule has 4 N–H and O–H groups in total. The van der Waals surface area contributed by atoms with E-state index in [0.717, 1.165) is 38.5 Å². The molecule has 39 heavy (non-hydrogen) atoms. The summed E-state index contributed by atoms with van der Waals surface area (Å²) in [6.07, 6.45) is -7.70. The van der Waals surface area contributed by atoms with Crippen molar-refractivity contribution in [2.75, 3.05) is 25.7 Å². The molecule has 0 atom stereocenters. The summed E-state index contributed by atoms with van der Waals surface area (Å²) in [6, 6.07) is 4.94. The number of hydrogen-bond acceptors (Lipinski definition) is 7. The number of methoxy groups -OCH3 is 2. The zero-order chi connectivity index (χ0) is 29.9. The first-order valence-corrected chi connectivity index (χ1v) is 11.9. The first-order valence-electron chi connectivity index (χ1n) is 10.8. The Labute approximate surface area is 232 Å². The summed E-state index contributed by atoms with van der Waals surface area (Å²) in [5, 5.41) is 4.03. The zero-order valence-corrected chi connectivity index (χ0v) is 23.0. The summed E-state index contributed by atoms with van der Waals surface area (Å²) in [5.41, 5.74) is 8.51. The van der Waals surface area contributed by atoms with E-state index in [1.807, 2.05) is 0 Å². The SMILES string of the molecule is COC(=O)c1cc(-c2ccnn2C(C)C)c(C(F)(F)F)cc1N.COC(=O)c1cc(I)c(C(F)(F)F)cc1N. The van der Waals surface area contributed by atoms with Crippen molar-refractivity contribution in [3.8, 4) is 11.3 Å². The molecule has 3 aromatic rings. The predicted molar refractivity (Wildman–Crippen MR) is 139 cm³/mol. The van der Waals surface area contributed by atoms with Crippen LogP contribution in [0.1, 0.15) is 51.7 Å². The summed E-state index contributed by atoms with van der Waals surface area (Å²) < 4.78 is 87.8. The molecule has 2 aromatic carbocycles. The fraction of sp³-hybridized carbons (Fsp3) is 0.292. The van der Waals surface area contributed by atoms with E-state index < -0.39 is 35.4 Å². The Morgan fingerprint density at radius 3 is 1.77 bits per heavy atom. The number of aromatic nitrogens is 2. The van der Waals surface area contributed by atoms with Gasteiger partial charge in [-0.15, -0.1) is 0 Å². The number of ether oxygens (including phenoxy) is 2. The molecule has 0 amide bonds. The van der Waals surface area contributed by atoms with Gasteiger partial charge in [-0.05, 0) is 66.8 Å². The highest BCUT2D eigenvalue weighted by atomic mass is 127. The molecule has 1 aromatic heterocycles. The van der Waals surface area contributed by atoms with Gasteiger partial charge in [-0.2, -0.15) is 31.4 Å². The smallest absolute Gasteiger partial charge is 0.417 e. The van der Waals surface area contributed by atoms with Gasteiger partial charge in [0.1, 0.15) is 0 Å². The highest BCUT2D eigenvalue weighted by Crippen LogP contribution is 2.40. The van der Waals surface area contributed by atoms with Gasteiger partial charge in [-0.25, -0.2) is 9.59 Å². The second-order valence-electron chi connectivity index (χ2n) is 8.14. The van der Waals surface area contributed by atoms with Crippen molar-refractivity contribution in [3.63, 3.8) is 0 Å². The fourth-order valence-electron chi connectivity index (χ4n) is 3.38. The number of rotatable bonds is 4. The first-order chi connectivity index (χ1) is 17.9. The average molecular weight is 672 g/mol. The minimum Gasteiger partial charge on any atom is -0.465 e. The summed E-state index contributed by atoms with van der Waals surface area (Å²) in [6.45, 7) is 3.59. The quantitative estimate of drug-likeness (QED) is 0.147. The molecule has 0 saturated carbocycles. The van der Waals surface area contributed by atoms with Crippen LogP contribution in [-0.4, -0.2) is 35.9 Å². The van der Waals surface area contributed by atoms with Crippen LogP contribution in [0.25, 0.3) is 11.3 Å². The summed E-state index contributed by atoms with van der Waals surface area (Å²) in [5.74, 6) is -1.56. The summed E-state index contributed by atoms with van der Waals surface area (Å²) in [4.78, 5) is 22.9. The fourth-order valence-corrected chi connectivity index (χ4v) is 4.16. The van der Waals surface area contributed by atoms with Gasteiger partial charge in [-0.1, -0.05) is 0 Å². The normalized spacial score (nSPS) is 11.6. The lowest BCUT2D eigenvalue weighted by molar-refractivity contribution is -0.138. The Bertz CT molecular complexity index is 1370. The summed E-state index contributed by atoms with van der Waals surface area (Å²) >= 11 is 1.49. The third-order valence-corrected chi connectivity index (χ3v) is 6.08. The Morgan fingerprint density at radius 1 is 0.872 bits per heavy atom. The molecular formula is C24H23F6IN4O4. The van der Waals surface area contributed by atoms with Crippen LogP contribution in [0.15, 0.2) is 36.5 Å². The molecule has 0 aliphatic carbocycles. The van der Waals surface area contributed by atoms with Crippen LogP contribution in [0.3, 0.4) is 0 Å². The van der Waals surface area contributed by atoms with E-state index in [0.29, 0.717) is 0 Å². The van der Waals surface area contributed by atoms with Gasteiger partial charge in [0.25, 0.3) is 0 Å². The molecule has 0 bridgehead atoms. The van der Waals surface area contributed by atoms with E-state index in [1.54, 1.807) is 13.8 Å². The van der Waals surface area contributed by atoms with Crippen LogP contribution < -0.4 is 11.5 Å². The lowest BCUT2D eigenvalue weighted by Gasteiger charge is -2.18. The topological polar surface area (TPSA) is 122 Å². The number of nitrogens with two attached hydrogens (primary N) is 2. The Balaban J connectivity index is 0.000000293. The highest BCUT2D eigenvalue weighted by Gasteiger charge is 2.36. The number of anilines is 2. The number of benzene rings is 2. The maximum atomic E-state index is 13.4. The van der Waals surface area contributed by atoms with Crippen LogP contribution in [0.4, 0.5) is 37.7 Å². The van der Waals surface area contributed by atoms with Gasteiger partial charge in [0.05, 0.1) is 42.2 Å². The number of carbonyl (C=O) groups excluding carboxylic acids is 2. The lowest BCUT2D eigenvalue weighted by atomic mass is 9.98. The predicted octanol–water partition coefficient (Wildman–Crippen LogP) is 6.20. The lowest BCUT2D eigenvalue weighted by Crippen LogP contribution is -2.14. The van der Waals surface area contributed by atoms with Crippen molar-refractivity contribution in [3.05, 3.63) is 62.4 Å². The molecular weight excluding hydrogens is 649 g/mol. The molecule has 1 heterocycles. The maximum Gasteiger partial charge on any atom is 0.417 e. The molecule has 15 heteroatoms. The Morgan fingerprint density at radius 2 is 1.33 bits per heavy atom. The number of nitrogens with zero attached hydrogens (tertiary/aromatic N) is 2. The number of esters is 2. The largest absolute Gasteiger partial charge is 0.465 e. The average Bonchev–Trinajstić information content (AvgIpc) is 3.33. The minimum absolute atomic E-state index is 0.0695. The third kappa shape index (κ3) is 7.33. The maximum absolute atomic E-state index is 13.4. The monoisotopic (exact) mass is 672 g/mol.